The number of H-pyrrole nitrogens is 1. The summed E-state index contributed by atoms with van der Waals surface area (Å²) >= 11 is 0. The van der Waals surface area contributed by atoms with Crippen molar-refractivity contribution in [1.82, 2.24) is 20.2 Å². The number of para-hydroxylation sites is 2. The molecule has 0 aliphatic carbocycles. The molecule has 2 atom stereocenters. The molecule has 26 heavy (non-hydrogen) atoms. The molecule has 0 radical (unpaired) electrons. The molecule has 0 unspecified atom stereocenters. The largest absolute Gasteiger partial charge is 0.379 e. The van der Waals surface area contributed by atoms with Gasteiger partial charge in [-0.25, -0.2) is 4.98 Å². The van der Waals surface area contributed by atoms with Crippen LogP contribution in [0.5, 0.6) is 0 Å². The fraction of sp³-hybridized carbons (Fsp3) is 0.500. The van der Waals surface area contributed by atoms with Crippen LogP contribution in [-0.2, 0) is 9.47 Å². The van der Waals surface area contributed by atoms with Gasteiger partial charge in [0, 0.05) is 13.2 Å². The first-order valence-electron chi connectivity index (χ1n) is 8.68. The quantitative estimate of drug-likeness (QED) is 0.774. The van der Waals surface area contributed by atoms with Gasteiger partial charge in [-0.3, -0.25) is 9.59 Å². The topological polar surface area (TPSA) is 96.6 Å². The number of carbonyl (C=O) groups is 1. The average Bonchev–Trinajstić information content (AvgIpc) is 2.62. The van der Waals surface area contributed by atoms with Crippen LogP contribution in [0.15, 0.2) is 29.1 Å². The third-order valence-electron chi connectivity index (χ3n) is 4.29. The lowest BCUT2D eigenvalue weighted by Gasteiger charge is -2.32. The number of aromatic nitrogens is 2. The summed E-state index contributed by atoms with van der Waals surface area (Å²) in [5.41, 5.74) is 0.500. The number of nitrogens with one attached hydrogen (secondary N) is 2. The van der Waals surface area contributed by atoms with Crippen LogP contribution in [0, 0.1) is 0 Å². The smallest absolute Gasteiger partial charge is 0.280 e. The number of carbonyl (C=O) groups excluding carboxylic acids is 1. The van der Waals surface area contributed by atoms with E-state index in [-0.39, 0.29) is 17.8 Å². The highest BCUT2D eigenvalue weighted by atomic mass is 16.5. The van der Waals surface area contributed by atoms with Gasteiger partial charge < -0.3 is 24.7 Å². The van der Waals surface area contributed by atoms with E-state index in [4.69, 9.17) is 9.47 Å². The molecule has 1 aromatic heterocycles. The number of amides is 1. The summed E-state index contributed by atoms with van der Waals surface area (Å²) in [6.07, 6.45) is 0.548. The number of ether oxygens (including phenoxy) is 2. The second kappa shape index (κ2) is 8.39. The van der Waals surface area contributed by atoms with Gasteiger partial charge in [0.1, 0.15) is 0 Å². The molecule has 8 heteroatoms. The zero-order valence-corrected chi connectivity index (χ0v) is 15.0. The van der Waals surface area contributed by atoms with Gasteiger partial charge in [0.2, 0.25) is 0 Å². The molecule has 1 fully saturated rings. The summed E-state index contributed by atoms with van der Waals surface area (Å²) < 4.78 is 11.4. The Hall–Kier alpha value is -2.29. The van der Waals surface area contributed by atoms with Crippen LogP contribution in [-0.4, -0.2) is 73.4 Å². The predicted molar refractivity (Wildman–Crippen MR) is 97.3 cm³/mol. The molecule has 2 heterocycles. The van der Waals surface area contributed by atoms with Gasteiger partial charge in [-0.1, -0.05) is 12.1 Å². The van der Waals surface area contributed by atoms with Gasteiger partial charge in [-0.2, -0.15) is 0 Å². The molecule has 1 aliphatic rings. The van der Waals surface area contributed by atoms with Crippen LogP contribution in [0.3, 0.4) is 0 Å². The first-order chi connectivity index (χ1) is 12.5. The van der Waals surface area contributed by atoms with Crippen molar-refractivity contribution in [2.45, 2.75) is 18.6 Å². The molecule has 0 bridgehead atoms. The first-order valence-corrected chi connectivity index (χ1v) is 8.68. The van der Waals surface area contributed by atoms with Gasteiger partial charge in [0.15, 0.2) is 5.69 Å². The van der Waals surface area contributed by atoms with Crippen LogP contribution in [0.2, 0.25) is 0 Å². The minimum atomic E-state index is -0.520. The lowest BCUT2D eigenvalue weighted by Crippen LogP contribution is -2.51. The third kappa shape index (κ3) is 4.46. The minimum Gasteiger partial charge on any atom is -0.379 e. The van der Waals surface area contributed by atoms with Gasteiger partial charge in [-0.15, -0.1) is 0 Å². The molecule has 3 rings (SSSR count). The summed E-state index contributed by atoms with van der Waals surface area (Å²) in [4.78, 5) is 33.7. The van der Waals surface area contributed by atoms with E-state index in [1.165, 1.54) is 0 Å². The van der Waals surface area contributed by atoms with E-state index in [2.05, 4.69) is 15.3 Å². The summed E-state index contributed by atoms with van der Waals surface area (Å²) in [6, 6.07) is 6.79. The van der Waals surface area contributed by atoms with E-state index in [1.807, 2.05) is 19.0 Å². The highest BCUT2D eigenvalue weighted by molar-refractivity contribution is 5.93. The Labute approximate surface area is 151 Å². The second-order valence-corrected chi connectivity index (χ2v) is 6.59. The summed E-state index contributed by atoms with van der Waals surface area (Å²) in [6.45, 7) is 2.31. The zero-order valence-electron chi connectivity index (χ0n) is 15.0. The Morgan fingerprint density at radius 2 is 2.23 bits per heavy atom. The Morgan fingerprint density at radius 1 is 1.42 bits per heavy atom. The van der Waals surface area contributed by atoms with E-state index < -0.39 is 11.5 Å². The Morgan fingerprint density at radius 3 is 3.04 bits per heavy atom. The van der Waals surface area contributed by atoms with Crippen molar-refractivity contribution in [2.24, 2.45) is 0 Å². The van der Waals surface area contributed by atoms with Crippen molar-refractivity contribution in [1.29, 1.82) is 0 Å². The number of rotatable bonds is 6. The maximum absolute atomic E-state index is 12.6. The molecule has 1 saturated heterocycles. The van der Waals surface area contributed by atoms with Gasteiger partial charge >= 0.3 is 0 Å². The molecule has 1 amide bonds. The number of hydrogen-bond acceptors (Lipinski definition) is 6. The van der Waals surface area contributed by atoms with Gasteiger partial charge in [-0.05, 0) is 32.6 Å². The first kappa shape index (κ1) is 18.5. The number of nitrogens with zero attached hydrogens (tertiary/aromatic N) is 2. The Kier molecular flexibility index (Phi) is 5.97. The number of benzene rings is 1. The highest BCUT2D eigenvalue weighted by Crippen LogP contribution is 2.13. The Bertz CT molecular complexity index is 820. The lowest BCUT2D eigenvalue weighted by atomic mass is 10.1. The van der Waals surface area contributed by atoms with E-state index in [9.17, 15) is 9.59 Å². The second-order valence-electron chi connectivity index (χ2n) is 6.59. The van der Waals surface area contributed by atoms with Crippen molar-refractivity contribution < 1.29 is 14.3 Å². The number of fused-ring (bicyclic) bond motifs is 1. The molecule has 0 spiro atoms. The SMILES string of the molecule is CN(C)CCO[C@H]1CCOC[C@H]1NC(=O)c1nc2ccccc2[nH]c1=O. The van der Waals surface area contributed by atoms with Crippen molar-refractivity contribution in [3.8, 4) is 0 Å². The summed E-state index contributed by atoms with van der Waals surface area (Å²) in [7, 11) is 3.95. The monoisotopic (exact) mass is 360 g/mol. The molecule has 2 N–H and O–H groups in total. The highest BCUT2D eigenvalue weighted by Gasteiger charge is 2.29. The molecule has 1 aliphatic heterocycles. The summed E-state index contributed by atoms with van der Waals surface area (Å²) in [5.74, 6) is -0.520. The number of likely N-dealkylation sites (N-methyl/N-ethyl adjacent to an activating group) is 1. The molecule has 2 aromatic rings. The van der Waals surface area contributed by atoms with E-state index in [0.29, 0.717) is 37.3 Å². The van der Waals surface area contributed by atoms with Crippen LogP contribution >= 0.6 is 0 Å². The fourth-order valence-electron chi connectivity index (χ4n) is 2.86. The molecular formula is C18H24N4O4. The van der Waals surface area contributed by atoms with Crippen molar-refractivity contribution >= 4 is 16.9 Å². The lowest BCUT2D eigenvalue weighted by molar-refractivity contribution is -0.0562. The van der Waals surface area contributed by atoms with E-state index in [0.717, 1.165) is 6.54 Å². The minimum absolute atomic E-state index is 0.146. The molecule has 8 nitrogen and oxygen atoms in total. The van der Waals surface area contributed by atoms with Crippen LogP contribution in [0.1, 0.15) is 16.9 Å². The molecule has 140 valence electrons. The molecular weight excluding hydrogens is 336 g/mol. The number of hydrogen-bond donors (Lipinski definition) is 2. The van der Waals surface area contributed by atoms with Crippen molar-refractivity contribution in [3.63, 3.8) is 0 Å². The molecule has 1 aromatic carbocycles. The fourth-order valence-corrected chi connectivity index (χ4v) is 2.86. The average molecular weight is 360 g/mol. The normalized spacial score (nSPS) is 20.4. The van der Waals surface area contributed by atoms with Gasteiger partial charge in [0.05, 0.1) is 36.4 Å². The maximum atomic E-state index is 12.6. The van der Waals surface area contributed by atoms with E-state index in [1.54, 1.807) is 24.3 Å². The maximum Gasteiger partial charge on any atom is 0.280 e. The van der Waals surface area contributed by atoms with Crippen molar-refractivity contribution in [3.05, 3.63) is 40.3 Å². The third-order valence-corrected chi connectivity index (χ3v) is 4.29. The Balaban J connectivity index is 1.71. The zero-order chi connectivity index (χ0) is 18.5. The van der Waals surface area contributed by atoms with Crippen LogP contribution < -0.4 is 10.9 Å². The predicted octanol–water partition coefficient (Wildman–Crippen LogP) is 0.389. The summed E-state index contributed by atoms with van der Waals surface area (Å²) in [5, 5.41) is 2.84. The van der Waals surface area contributed by atoms with Crippen molar-refractivity contribution in [2.75, 3.05) is 40.5 Å². The standard InChI is InChI=1S/C18H24N4O4/c1-22(2)8-10-26-15-7-9-25-11-14(15)21-18(24)16-17(23)20-13-6-4-3-5-12(13)19-16/h3-6,14-15H,7-11H2,1-2H3,(H,20,23)(H,21,24)/t14-,15+/m1/s1. The number of aromatic amines is 1. The van der Waals surface area contributed by atoms with Crippen LogP contribution in [0.25, 0.3) is 11.0 Å². The molecule has 0 saturated carbocycles. The van der Waals surface area contributed by atoms with E-state index >= 15 is 0 Å². The van der Waals surface area contributed by atoms with Gasteiger partial charge in [0.25, 0.3) is 11.5 Å². The van der Waals surface area contributed by atoms with Crippen LogP contribution in [0.4, 0.5) is 0 Å².